The third kappa shape index (κ3) is 3.89. The van der Waals surface area contributed by atoms with Gasteiger partial charge < -0.3 is 14.4 Å². The monoisotopic (exact) mass is 276 g/mol. The highest BCUT2D eigenvalue weighted by atomic mass is 16.6. The van der Waals surface area contributed by atoms with E-state index >= 15 is 0 Å². The predicted molar refractivity (Wildman–Crippen MR) is 79.3 cm³/mol. The number of carbonyl (C=O) groups is 1. The number of hydrogen-bond acceptors (Lipinski definition) is 4. The zero-order valence-corrected chi connectivity index (χ0v) is 12.5. The molecule has 2 rings (SSSR count). The van der Waals surface area contributed by atoms with Crippen molar-refractivity contribution in [2.24, 2.45) is 0 Å². The van der Waals surface area contributed by atoms with Gasteiger partial charge in [-0.1, -0.05) is 5.46 Å². The number of nitrogens with zero attached hydrogens (tertiary/aromatic N) is 2. The normalized spacial score (nSPS) is 18.4. The first kappa shape index (κ1) is 14.7. The number of amides is 1. The van der Waals surface area contributed by atoms with Gasteiger partial charge in [0.15, 0.2) is 0 Å². The molecule has 5 nitrogen and oxygen atoms in total. The number of ether oxygens (including phenoxy) is 2. The van der Waals surface area contributed by atoms with E-state index < -0.39 is 5.60 Å². The van der Waals surface area contributed by atoms with E-state index in [1.54, 1.807) is 17.3 Å². The first-order valence-corrected chi connectivity index (χ1v) is 6.89. The predicted octanol–water partition coefficient (Wildman–Crippen LogP) is 0.728. The van der Waals surface area contributed by atoms with Gasteiger partial charge in [0.05, 0.1) is 12.2 Å². The van der Waals surface area contributed by atoms with Crippen LogP contribution in [-0.4, -0.2) is 48.6 Å². The molecule has 1 atom stereocenters. The maximum atomic E-state index is 12.0. The largest absolute Gasteiger partial charge is 0.490 e. The van der Waals surface area contributed by atoms with Gasteiger partial charge in [-0.3, -0.25) is 4.98 Å². The Hall–Kier alpha value is -1.72. The summed E-state index contributed by atoms with van der Waals surface area (Å²) in [6.07, 6.45) is 4.14. The molecule has 0 aromatic carbocycles. The van der Waals surface area contributed by atoms with Crippen LogP contribution in [0.25, 0.3) is 0 Å². The minimum Gasteiger partial charge on any atom is -0.490 e. The van der Waals surface area contributed by atoms with Crippen LogP contribution in [0.4, 0.5) is 4.79 Å². The molecule has 1 aromatic rings. The Kier molecular flexibility index (Phi) is 4.21. The molecule has 0 unspecified atom stereocenters. The van der Waals surface area contributed by atoms with E-state index in [2.05, 4.69) is 4.98 Å². The van der Waals surface area contributed by atoms with Crippen LogP contribution in [-0.2, 0) is 4.74 Å². The number of likely N-dealkylation sites (tertiary alicyclic amines) is 1. The summed E-state index contributed by atoms with van der Waals surface area (Å²) < 4.78 is 11.1. The minimum absolute atomic E-state index is 0.0883. The average molecular weight is 276 g/mol. The fraction of sp³-hybridized carbons (Fsp3) is 0.571. The van der Waals surface area contributed by atoms with Gasteiger partial charge in [-0.15, -0.1) is 0 Å². The van der Waals surface area contributed by atoms with Crippen LogP contribution in [0.1, 0.15) is 27.2 Å². The fourth-order valence-electron chi connectivity index (χ4n) is 1.97. The lowest BCUT2D eigenvalue weighted by Crippen LogP contribution is -2.55. The summed E-state index contributed by atoms with van der Waals surface area (Å²) in [7, 11) is 1.97. The third-order valence-corrected chi connectivity index (χ3v) is 3.06. The number of hydrogen-bond donors (Lipinski definition) is 0. The van der Waals surface area contributed by atoms with Crippen molar-refractivity contribution >= 4 is 19.4 Å². The van der Waals surface area contributed by atoms with Crippen molar-refractivity contribution in [3.63, 3.8) is 0 Å². The van der Waals surface area contributed by atoms with Crippen LogP contribution < -0.4 is 10.2 Å². The van der Waals surface area contributed by atoms with Crippen molar-refractivity contribution in [2.75, 3.05) is 13.2 Å². The lowest BCUT2D eigenvalue weighted by Gasteiger charge is -2.40. The Morgan fingerprint density at radius 3 is 2.80 bits per heavy atom. The summed E-state index contributed by atoms with van der Waals surface area (Å²) in [5.41, 5.74) is 0.596. The van der Waals surface area contributed by atoms with Crippen LogP contribution in [0.5, 0.6) is 5.75 Å². The Bertz CT molecular complexity index is 488. The molecule has 1 saturated heterocycles. The van der Waals surface area contributed by atoms with E-state index in [9.17, 15) is 4.79 Å². The maximum absolute atomic E-state index is 12.0. The zero-order valence-electron chi connectivity index (χ0n) is 12.5. The second kappa shape index (κ2) is 5.73. The highest BCUT2D eigenvalue weighted by molar-refractivity contribution is 6.32. The molecule has 0 N–H and O–H groups in total. The van der Waals surface area contributed by atoms with E-state index in [1.807, 2.05) is 34.7 Å². The number of carbonyl (C=O) groups excluding carboxylic acids is 1. The van der Waals surface area contributed by atoms with Crippen LogP contribution in [0, 0.1) is 0 Å². The fourth-order valence-corrected chi connectivity index (χ4v) is 1.97. The lowest BCUT2D eigenvalue weighted by molar-refractivity contribution is -0.0141. The van der Waals surface area contributed by atoms with Crippen molar-refractivity contribution in [1.29, 1.82) is 0 Å². The molecular weight excluding hydrogens is 255 g/mol. The van der Waals surface area contributed by atoms with E-state index in [0.717, 1.165) is 24.2 Å². The summed E-state index contributed by atoms with van der Waals surface area (Å²) in [4.78, 5) is 17.7. The van der Waals surface area contributed by atoms with Crippen molar-refractivity contribution in [3.05, 3.63) is 18.5 Å². The molecule has 2 heterocycles. The summed E-state index contributed by atoms with van der Waals surface area (Å²) in [6, 6.07) is 2.02. The first-order chi connectivity index (χ1) is 9.35. The van der Waals surface area contributed by atoms with E-state index in [4.69, 9.17) is 9.47 Å². The molecule has 20 heavy (non-hydrogen) atoms. The third-order valence-electron chi connectivity index (χ3n) is 3.06. The van der Waals surface area contributed by atoms with Gasteiger partial charge in [0.25, 0.3) is 0 Å². The number of rotatable bonds is 3. The molecule has 1 amide bonds. The molecule has 108 valence electrons. The summed E-state index contributed by atoms with van der Waals surface area (Å²) in [5.74, 6) is 0.737. The lowest BCUT2D eigenvalue weighted by atomic mass is 9.99. The highest BCUT2D eigenvalue weighted by Gasteiger charge is 2.35. The van der Waals surface area contributed by atoms with Crippen LogP contribution in [0.15, 0.2) is 18.5 Å². The Morgan fingerprint density at radius 1 is 1.50 bits per heavy atom. The molecule has 1 fully saturated rings. The molecule has 1 aliphatic rings. The molecule has 1 aromatic heterocycles. The molecule has 0 bridgehead atoms. The smallest absolute Gasteiger partial charge is 0.410 e. The quantitative estimate of drug-likeness (QED) is 0.764. The maximum Gasteiger partial charge on any atom is 0.410 e. The molecule has 0 radical (unpaired) electrons. The van der Waals surface area contributed by atoms with Gasteiger partial charge in [0.1, 0.15) is 25.8 Å². The summed E-state index contributed by atoms with van der Waals surface area (Å²) in [6.45, 7) is 6.82. The van der Waals surface area contributed by atoms with E-state index in [0.29, 0.717) is 6.61 Å². The summed E-state index contributed by atoms with van der Waals surface area (Å²) >= 11 is 0. The second-order valence-corrected chi connectivity index (χ2v) is 6.13. The van der Waals surface area contributed by atoms with Gasteiger partial charge in [-0.2, -0.15) is 0 Å². The van der Waals surface area contributed by atoms with Crippen LogP contribution in [0.3, 0.4) is 0 Å². The Labute approximate surface area is 120 Å². The zero-order chi connectivity index (χ0) is 14.8. The van der Waals surface area contributed by atoms with Gasteiger partial charge in [0, 0.05) is 12.7 Å². The Balaban J connectivity index is 1.84. The van der Waals surface area contributed by atoms with Crippen molar-refractivity contribution in [1.82, 2.24) is 9.88 Å². The highest BCUT2D eigenvalue weighted by Crippen LogP contribution is 2.22. The van der Waals surface area contributed by atoms with Crippen LogP contribution >= 0.6 is 0 Å². The second-order valence-electron chi connectivity index (χ2n) is 6.13. The molecule has 6 heteroatoms. The molecule has 0 aliphatic carbocycles. The number of pyridine rings is 1. The average Bonchev–Trinajstić information content (AvgIpc) is 2.24. The van der Waals surface area contributed by atoms with Crippen LogP contribution in [0.2, 0.25) is 0 Å². The first-order valence-electron chi connectivity index (χ1n) is 6.89. The van der Waals surface area contributed by atoms with E-state index in [-0.39, 0.29) is 12.1 Å². The Morgan fingerprint density at radius 2 is 2.25 bits per heavy atom. The molecule has 0 saturated carbocycles. The molecule has 1 aliphatic heterocycles. The van der Waals surface area contributed by atoms with Gasteiger partial charge >= 0.3 is 6.09 Å². The molecular formula is C14H21BN2O3. The minimum atomic E-state index is -0.460. The van der Waals surface area contributed by atoms with Crippen molar-refractivity contribution < 1.29 is 14.3 Å². The topological polar surface area (TPSA) is 51.7 Å². The van der Waals surface area contributed by atoms with Crippen molar-refractivity contribution in [3.8, 4) is 5.75 Å². The van der Waals surface area contributed by atoms with Crippen molar-refractivity contribution in [2.45, 2.75) is 38.8 Å². The van der Waals surface area contributed by atoms with Gasteiger partial charge in [-0.25, -0.2) is 4.79 Å². The van der Waals surface area contributed by atoms with Gasteiger partial charge in [0.2, 0.25) is 0 Å². The van der Waals surface area contributed by atoms with Gasteiger partial charge in [-0.05, 0) is 33.3 Å². The van der Waals surface area contributed by atoms with E-state index in [1.165, 1.54) is 0 Å². The standard InChI is InChI=1S/C14H21BN2O3/c1-14(2,3)20-13(18)17-5-4-11(17)9-19-12-6-10(15)7-16-8-12/h6-8,11H,4-5,9,15H2,1-3H3/t11-/m0/s1. The number of aromatic nitrogens is 1. The summed E-state index contributed by atoms with van der Waals surface area (Å²) in [5, 5.41) is 0. The molecule has 0 spiro atoms. The SMILES string of the molecule is Bc1cncc(OC[C@@H]2CCN2C(=O)OC(C)(C)C)c1.